The zero-order valence-corrected chi connectivity index (χ0v) is 14.5. The van der Waals surface area contributed by atoms with Gasteiger partial charge in [-0.3, -0.25) is 9.78 Å². The van der Waals surface area contributed by atoms with Crippen molar-refractivity contribution in [3.8, 4) is 5.75 Å². The van der Waals surface area contributed by atoms with Crippen LogP contribution in [0.3, 0.4) is 0 Å². The molecule has 1 N–H and O–H groups in total. The minimum atomic E-state index is -0.188. The molecule has 132 valence electrons. The Balaban J connectivity index is 1.36. The second-order valence-corrected chi connectivity index (χ2v) is 6.41. The molecule has 5 heteroatoms. The number of rotatable bonds is 5. The molecule has 1 fully saturated rings. The van der Waals surface area contributed by atoms with E-state index in [4.69, 9.17) is 4.74 Å². The predicted molar refractivity (Wildman–Crippen MR) is 104 cm³/mol. The van der Waals surface area contributed by atoms with Gasteiger partial charge in [-0.25, -0.2) is 0 Å². The first kappa shape index (κ1) is 16.4. The normalized spacial score (nSPS) is 13.8. The number of aromatic nitrogens is 1. The summed E-state index contributed by atoms with van der Waals surface area (Å²) in [5.41, 5.74) is 2.74. The fourth-order valence-electron chi connectivity index (χ4n) is 3.26. The van der Waals surface area contributed by atoms with Crippen LogP contribution in [0, 0.1) is 0 Å². The maximum absolute atomic E-state index is 12.2. The van der Waals surface area contributed by atoms with Crippen LogP contribution < -0.4 is 15.0 Å². The summed E-state index contributed by atoms with van der Waals surface area (Å²) >= 11 is 0. The number of para-hydroxylation sites is 1. The molecular weight excluding hydrogens is 326 g/mol. The molecule has 1 amide bonds. The summed E-state index contributed by atoms with van der Waals surface area (Å²) in [5.74, 6) is 0.425. The number of amides is 1. The molecule has 0 spiro atoms. The Hall–Kier alpha value is -3.08. The van der Waals surface area contributed by atoms with Gasteiger partial charge in [0.25, 0.3) is 5.91 Å². The van der Waals surface area contributed by atoms with E-state index >= 15 is 0 Å². The molecule has 1 saturated heterocycles. The van der Waals surface area contributed by atoms with Crippen LogP contribution in [0.2, 0.25) is 0 Å². The third-order valence-electron chi connectivity index (χ3n) is 4.58. The van der Waals surface area contributed by atoms with Crippen LogP contribution in [0.1, 0.15) is 12.8 Å². The Bertz CT molecular complexity index is 897. The summed E-state index contributed by atoms with van der Waals surface area (Å²) in [4.78, 5) is 18.9. The largest absolute Gasteiger partial charge is 0.481 e. The highest BCUT2D eigenvalue weighted by Gasteiger charge is 2.12. The van der Waals surface area contributed by atoms with Crippen molar-refractivity contribution in [1.29, 1.82) is 0 Å². The Labute approximate surface area is 152 Å². The monoisotopic (exact) mass is 347 g/mol. The van der Waals surface area contributed by atoms with E-state index < -0.39 is 0 Å². The van der Waals surface area contributed by atoms with E-state index in [0.717, 1.165) is 29.7 Å². The maximum Gasteiger partial charge on any atom is 0.262 e. The summed E-state index contributed by atoms with van der Waals surface area (Å²) in [6, 6.07) is 17.5. The number of nitrogens with one attached hydrogen (secondary N) is 1. The molecule has 0 atom stereocenters. The van der Waals surface area contributed by atoms with Crippen LogP contribution in [0.5, 0.6) is 5.75 Å². The molecular formula is C21H21N3O2. The molecule has 0 saturated carbocycles. The molecule has 5 nitrogen and oxygen atoms in total. The quantitative estimate of drug-likeness (QED) is 0.762. The lowest BCUT2D eigenvalue weighted by molar-refractivity contribution is -0.118. The fraction of sp³-hybridized carbons (Fsp3) is 0.238. The van der Waals surface area contributed by atoms with Crippen LogP contribution in [-0.4, -0.2) is 30.6 Å². The lowest BCUT2D eigenvalue weighted by atomic mass is 10.2. The first-order chi connectivity index (χ1) is 12.8. The molecule has 0 bridgehead atoms. The highest BCUT2D eigenvalue weighted by molar-refractivity contribution is 5.92. The van der Waals surface area contributed by atoms with Crippen molar-refractivity contribution in [3.63, 3.8) is 0 Å². The van der Waals surface area contributed by atoms with E-state index in [0.29, 0.717) is 5.75 Å². The number of carbonyl (C=O) groups is 1. The Morgan fingerprint density at radius 1 is 1.04 bits per heavy atom. The number of carbonyl (C=O) groups excluding carboxylic acids is 1. The lowest BCUT2D eigenvalue weighted by Gasteiger charge is -2.17. The third-order valence-corrected chi connectivity index (χ3v) is 4.58. The van der Waals surface area contributed by atoms with Crippen molar-refractivity contribution in [2.24, 2.45) is 0 Å². The highest BCUT2D eigenvalue weighted by atomic mass is 16.5. The van der Waals surface area contributed by atoms with Crippen molar-refractivity contribution < 1.29 is 9.53 Å². The van der Waals surface area contributed by atoms with Gasteiger partial charge in [-0.1, -0.05) is 18.2 Å². The second kappa shape index (κ2) is 7.44. The van der Waals surface area contributed by atoms with Gasteiger partial charge in [-0.15, -0.1) is 0 Å². The third kappa shape index (κ3) is 3.61. The standard InChI is InChI=1S/C21H21N3O2/c25-20(15-26-19-7-3-5-16-6-4-12-22-21(16)19)23-17-8-10-18(11-9-17)24-13-1-2-14-24/h3-12H,1-2,13-15H2,(H,23,25). The average Bonchev–Trinajstić information content (AvgIpc) is 3.22. The summed E-state index contributed by atoms with van der Waals surface area (Å²) < 4.78 is 5.68. The number of benzene rings is 2. The van der Waals surface area contributed by atoms with Crippen LogP contribution in [0.25, 0.3) is 10.9 Å². The number of hydrogen-bond acceptors (Lipinski definition) is 4. The Morgan fingerprint density at radius 3 is 2.62 bits per heavy atom. The van der Waals surface area contributed by atoms with Crippen molar-refractivity contribution in [2.45, 2.75) is 12.8 Å². The van der Waals surface area contributed by atoms with Crippen molar-refractivity contribution in [1.82, 2.24) is 4.98 Å². The van der Waals surface area contributed by atoms with Crippen molar-refractivity contribution >= 4 is 28.2 Å². The summed E-state index contributed by atoms with van der Waals surface area (Å²) in [6.07, 6.45) is 4.22. The number of anilines is 2. The minimum Gasteiger partial charge on any atom is -0.481 e. The Kier molecular flexibility index (Phi) is 4.69. The van der Waals surface area contributed by atoms with Crippen LogP contribution >= 0.6 is 0 Å². The Morgan fingerprint density at radius 2 is 1.81 bits per heavy atom. The van der Waals surface area contributed by atoms with Gasteiger partial charge in [0.15, 0.2) is 6.61 Å². The summed E-state index contributed by atoms with van der Waals surface area (Å²) in [5, 5.41) is 3.86. The SMILES string of the molecule is O=C(COc1cccc2cccnc12)Nc1ccc(N2CCCC2)cc1. The zero-order valence-electron chi connectivity index (χ0n) is 14.5. The summed E-state index contributed by atoms with van der Waals surface area (Å²) in [6.45, 7) is 2.17. The number of fused-ring (bicyclic) bond motifs is 1. The second-order valence-electron chi connectivity index (χ2n) is 6.41. The zero-order chi connectivity index (χ0) is 17.8. The van der Waals surface area contributed by atoms with E-state index in [-0.39, 0.29) is 12.5 Å². The van der Waals surface area contributed by atoms with Crippen molar-refractivity contribution in [3.05, 3.63) is 60.8 Å². The van der Waals surface area contributed by atoms with E-state index in [1.165, 1.54) is 18.5 Å². The molecule has 1 aliphatic heterocycles. The smallest absolute Gasteiger partial charge is 0.262 e. The van der Waals surface area contributed by atoms with Gasteiger partial charge in [0.2, 0.25) is 0 Å². The molecule has 2 aromatic carbocycles. The number of ether oxygens (including phenoxy) is 1. The van der Waals surface area contributed by atoms with Gasteiger partial charge in [-0.05, 0) is 49.2 Å². The van der Waals surface area contributed by atoms with Gasteiger partial charge >= 0.3 is 0 Å². The maximum atomic E-state index is 12.2. The molecule has 1 aromatic heterocycles. The molecule has 4 rings (SSSR count). The van der Waals surface area contributed by atoms with Gasteiger partial charge in [-0.2, -0.15) is 0 Å². The molecule has 1 aliphatic rings. The lowest BCUT2D eigenvalue weighted by Crippen LogP contribution is -2.20. The van der Waals surface area contributed by atoms with E-state index in [2.05, 4.69) is 27.3 Å². The fourth-order valence-corrected chi connectivity index (χ4v) is 3.26. The minimum absolute atomic E-state index is 0.0520. The first-order valence-corrected chi connectivity index (χ1v) is 8.91. The van der Waals surface area contributed by atoms with E-state index in [1.54, 1.807) is 6.20 Å². The van der Waals surface area contributed by atoms with Gasteiger partial charge in [0.05, 0.1) is 0 Å². The number of hydrogen-bond donors (Lipinski definition) is 1. The molecule has 0 aliphatic carbocycles. The average molecular weight is 347 g/mol. The van der Waals surface area contributed by atoms with Crippen molar-refractivity contribution in [2.75, 3.05) is 29.9 Å². The summed E-state index contributed by atoms with van der Waals surface area (Å²) in [7, 11) is 0. The van der Waals surface area contributed by atoms with Gasteiger partial charge in [0.1, 0.15) is 11.3 Å². The molecule has 2 heterocycles. The van der Waals surface area contributed by atoms with Crippen LogP contribution in [-0.2, 0) is 4.79 Å². The predicted octanol–water partition coefficient (Wildman–Crippen LogP) is 3.85. The highest BCUT2D eigenvalue weighted by Crippen LogP contribution is 2.24. The number of nitrogens with zero attached hydrogens (tertiary/aromatic N) is 2. The molecule has 0 unspecified atom stereocenters. The topological polar surface area (TPSA) is 54.5 Å². The number of pyridine rings is 1. The van der Waals surface area contributed by atoms with E-state index in [9.17, 15) is 4.79 Å². The molecule has 26 heavy (non-hydrogen) atoms. The van der Waals surface area contributed by atoms with Crippen LogP contribution in [0.15, 0.2) is 60.8 Å². The molecule has 3 aromatic rings. The van der Waals surface area contributed by atoms with Crippen LogP contribution in [0.4, 0.5) is 11.4 Å². The first-order valence-electron chi connectivity index (χ1n) is 8.91. The van der Waals surface area contributed by atoms with Gasteiger partial charge in [0, 0.05) is 36.0 Å². The van der Waals surface area contributed by atoms with Gasteiger partial charge < -0.3 is 15.0 Å². The van der Waals surface area contributed by atoms with E-state index in [1.807, 2.05) is 42.5 Å². The molecule has 0 radical (unpaired) electrons.